The number of rotatable bonds is 3. The molecule has 0 bridgehead atoms. The third-order valence-corrected chi connectivity index (χ3v) is 3.15. The number of nitrogens with zero attached hydrogens (tertiary/aromatic N) is 1. The number of nitrogens with two attached hydrogens (primary N) is 1. The van der Waals surface area contributed by atoms with Crippen molar-refractivity contribution in [2.45, 2.75) is 25.8 Å². The molecule has 0 spiro atoms. The van der Waals surface area contributed by atoms with Gasteiger partial charge in [0.1, 0.15) is 5.75 Å². The Balaban J connectivity index is 2.66. The average Bonchev–Trinajstić information content (AvgIpc) is 2.33. The van der Waals surface area contributed by atoms with E-state index in [1.165, 1.54) is 0 Å². The van der Waals surface area contributed by atoms with Gasteiger partial charge in [0.05, 0.1) is 12.6 Å². The molecule has 1 heterocycles. The quantitative estimate of drug-likeness (QED) is 0.916. The number of aryl methyl sites for hydroxylation is 1. The molecule has 102 valence electrons. The second-order valence-electron chi connectivity index (χ2n) is 5.62. The van der Waals surface area contributed by atoms with Gasteiger partial charge in [-0.1, -0.05) is 0 Å². The average molecular weight is 260 g/mol. The Morgan fingerprint density at radius 1 is 1.32 bits per heavy atom. The molecule has 1 aromatic carbocycles. The molecule has 0 radical (unpaired) electrons. The van der Waals surface area contributed by atoms with Crippen LogP contribution in [0.4, 0.5) is 0 Å². The molecule has 4 heteroatoms. The maximum atomic E-state index is 12.3. The van der Waals surface area contributed by atoms with Gasteiger partial charge in [-0.3, -0.25) is 4.79 Å². The van der Waals surface area contributed by atoms with Crippen molar-refractivity contribution in [3.63, 3.8) is 0 Å². The predicted molar refractivity (Wildman–Crippen MR) is 77.7 cm³/mol. The molecule has 2 N–H and O–H groups in total. The summed E-state index contributed by atoms with van der Waals surface area (Å²) in [6.45, 7) is 3.84. The molecule has 2 aromatic rings. The number of hydrogen-bond donors (Lipinski definition) is 1. The van der Waals surface area contributed by atoms with Crippen molar-refractivity contribution < 1.29 is 4.74 Å². The highest BCUT2D eigenvalue weighted by Gasteiger charge is 2.16. The van der Waals surface area contributed by atoms with Crippen LogP contribution < -0.4 is 16.0 Å². The maximum Gasteiger partial charge on any atom is 0.254 e. The van der Waals surface area contributed by atoms with Crippen molar-refractivity contribution in [3.8, 4) is 5.75 Å². The van der Waals surface area contributed by atoms with Crippen molar-refractivity contribution in [3.05, 3.63) is 40.2 Å². The molecule has 0 aliphatic rings. The zero-order chi connectivity index (χ0) is 14.2. The summed E-state index contributed by atoms with van der Waals surface area (Å²) in [5.74, 6) is 0.782. The molecular formula is C15H20N2O2. The molecule has 0 fully saturated rings. The van der Waals surface area contributed by atoms with Crippen molar-refractivity contribution in [1.82, 2.24) is 4.57 Å². The van der Waals surface area contributed by atoms with E-state index in [1.807, 2.05) is 38.1 Å². The topological polar surface area (TPSA) is 57.2 Å². The highest BCUT2D eigenvalue weighted by Crippen LogP contribution is 2.21. The molecule has 0 aliphatic carbocycles. The third kappa shape index (κ3) is 2.79. The zero-order valence-corrected chi connectivity index (χ0v) is 11.9. The third-order valence-electron chi connectivity index (χ3n) is 3.15. The SMILES string of the molecule is COc1ccc2c(c1)cc(CC(C)(C)N)c(=O)n2C. The summed E-state index contributed by atoms with van der Waals surface area (Å²) in [6, 6.07) is 7.60. The van der Waals surface area contributed by atoms with Gasteiger partial charge in [0.2, 0.25) is 0 Å². The fourth-order valence-corrected chi connectivity index (χ4v) is 2.27. The summed E-state index contributed by atoms with van der Waals surface area (Å²) in [7, 11) is 3.41. The lowest BCUT2D eigenvalue weighted by atomic mass is 9.96. The fraction of sp³-hybridized carbons (Fsp3) is 0.400. The Morgan fingerprint density at radius 2 is 2.00 bits per heavy atom. The summed E-state index contributed by atoms with van der Waals surface area (Å²) in [6.07, 6.45) is 0.548. The van der Waals surface area contributed by atoms with Crippen LogP contribution in [0.5, 0.6) is 5.75 Å². The van der Waals surface area contributed by atoms with E-state index in [2.05, 4.69) is 0 Å². The van der Waals surface area contributed by atoms with Crippen LogP contribution in [-0.2, 0) is 13.5 Å². The van der Waals surface area contributed by atoms with Crippen LogP contribution in [0.2, 0.25) is 0 Å². The summed E-state index contributed by atoms with van der Waals surface area (Å²) in [4.78, 5) is 12.3. The smallest absolute Gasteiger partial charge is 0.254 e. The van der Waals surface area contributed by atoms with Crippen LogP contribution in [-0.4, -0.2) is 17.2 Å². The van der Waals surface area contributed by atoms with Gasteiger partial charge in [0, 0.05) is 23.5 Å². The predicted octanol–water partition coefficient (Wildman–Crippen LogP) is 1.83. The van der Waals surface area contributed by atoms with Crippen LogP contribution >= 0.6 is 0 Å². The van der Waals surface area contributed by atoms with Crippen LogP contribution in [0, 0.1) is 0 Å². The number of benzene rings is 1. The first-order valence-corrected chi connectivity index (χ1v) is 6.27. The molecule has 0 unspecified atom stereocenters. The lowest BCUT2D eigenvalue weighted by Crippen LogP contribution is -2.37. The lowest BCUT2D eigenvalue weighted by Gasteiger charge is -2.19. The summed E-state index contributed by atoms with van der Waals surface area (Å²) in [5, 5.41) is 0.987. The number of methoxy groups -OCH3 is 1. The molecule has 0 amide bonds. The zero-order valence-electron chi connectivity index (χ0n) is 11.9. The largest absolute Gasteiger partial charge is 0.497 e. The van der Waals surface area contributed by atoms with Crippen LogP contribution in [0.25, 0.3) is 10.9 Å². The van der Waals surface area contributed by atoms with E-state index in [4.69, 9.17) is 10.5 Å². The minimum absolute atomic E-state index is 0.0104. The minimum Gasteiger partial charge on any atom is -0.497 e. The molecule has 4 nitrogen and oxygen atoms in total. The van der Waals surface area contributed by atoms with E-state index in [9.17, 15) is 4.79 Å². The Kier molecular flexibility index (Phi) is 3.37. The molecule has 19 heavy (non-hydrogen) atoms. The molecular weight excluding hydrogens is 240 g/mol. The van der Waals surface area contributed by atoms with E-state index in [-0.39, 0.29) is 5.56 Å². The highest BCUT2D eigenvalue weighted by molar-refractivity contribution is 5.81. The number of hydrogen-bond acceptors (Lipinski definition) is 3. The first-order valence-electron chi connectivity index (χ1n) is 6.27. The Morgan fingerprint density at radius 3 is 2.58 bits per heavy atom. The van der Waals surface area contributed by atoms with Gasteiger partial charge < -0.3 is 15.0 Å². The molecule has 0 aliphatic heterocycles. The second kappa shape index (κ2) is 4.70. The molecule has 0 atom stereocenters. The normalized spacial score (nSPS) is 11.8. The Bertz CT molecular complexity index is 666. The molecule has 0 saturated heterocycles. The van der Waals surface area contributed by atoms with E-state index in [1.54, 1.807) is 18.7 Å². The summed E-state index contributed by atoms with van der Waals surface area (Å²) < 4.78 is 6.88. The molecule has 2 rings (SSSR count). The van der Waals surface area contributed by atoms with E-state index >= 15 is 0 Å². The van der Waals surface area contributed by atoms with Gasteiger partial charge in [-0.05, 0) is 44.5 Å². The van der Waals surface area contributed by atoms with Gasteiger partial charge in [-0.15, -0.1) is 0 Å². The fourth-order valence-electron chi connectivity index (χ4n) is 2.27. The summed E-state index contributed by atoms with van der Waals surface area (Å²) in [5.41, 5.74) is 7.25. The number of fused-ring (bicyclic) bond motifs is 1. The number of pyridine rings is 1. The summed E-state index contributed by atoms with van der Waals surface area (Å²) >= 11 is 0. The highest BCUT2D eigenvalue weighted by atomic mass is 16.5. The standard InChI is InChI=1S/C15H20N2O2/c1-15(2,16)9-11-7-10-8-12(19-4)5-6-13(10)17(3)14(11)18/h5-8H,9,16H2,1-4H3. The lowest BCUT2D eigenvalue weighted by molar-refractivity contribution is 0.415. The molecule has 0 saturated carbocycles. The van der Waals surface area contributed by atoms with Gasteiger partial charge >= 0.3 is 0 Å². The first kappa shape index (κ1) is 13.6. The first-order chi connectivity index (χ1) is 8.81. The van der Waals surface area contributed by atoms with Crippen LogP contribution in [0.1, 0.15) is 19.4 Å². The Labute approximate surface area is 112 Å². The second-order valence-corrected chi connectivity index (χ2v) is 5.62. The van der Waals surface area contributed by atoms with E-state index < -0.39 is 5.54 Å². The Hall–Kier alpha value is -1.81. The van der Waals surface area contributed by atoms with Gasteiger partial charge in [0.25, 0.3) is 5.56 Å². The van der Waals surface area contributed by atoms with Crippen LogP contribution in [0.3, 0.4) is 0 Å². The van der Waals surface area contributed by atoms with Gasteiger partial charge in [0.15, 0.2) is 0 Å². The van der Waals surface area contributed by atoms with Gasteiger partial charge in [-0.2, -0.15) is 0 Å². The number of ether oxygens (including phenoxy) is 1. The van der Waals surface area contributed by atoms with Crippen molar-refractivity contribution in [1.29, 1.82) is 0 Å². The maximum absolute atomic E-state index is 12.3. The minimum atomic E-state index is -0.404. The van der Waals surface area contributed by atoms with Crippen molar-refractivity contribution >= 4 is 10.9 Å². The van der Waals surface area contributed by atoms with Crippen molar-refractivity contribution in [2.24, 2.45) is 12.8 Å². The van der Waals surface area contributed by atoms with Crippen LogP contribution in [0.15, 0.2) is 29.1 Å². The van der Waals surface area contributed by atoms with E-state index in [0.29, 0.717) is 6.42 Å². The molecule has 1 aromatic heterocycles. The van der Waals surface area contributed by atoms with Crippen molar-refractivity contribution in [2.75, 3.05) is 7.11 Å². The van der Waals surface area contributed by atoms with E-state index in [0.717, 1.165) is 22.2 Å². The number of aromatic nitrogens is 1. The monoisotopic (exact) mass is 260 g/mol. The van der Waals surface area contributed by atoms with Gasteiger partial charge in [-0.25, -0.2) is 0 Å².